The van der Waals surface area contributed by atoms with E-state index in [1.807, 2.05) is 0 Å². The number of carbonyl (C=O) groups excluding carboxylic acids is 1. The summed E-state index contributed by atoms with van der Waals surface area (Å²) in [6.07, 6.45) is 6.07. The molecule has 0 aliphatic heterocycles. The van der Waals surface area contributed by atoms with E-state index in [0.29, 0.717) is 31.2 Å². The summed E-state index contributed by atoms with van der Waals surface area (Å²) in [5.41, 5.74) is -1.06. The van der Waals surface area contributed by atoms with Gasteiger partial charge < -0.3 is 15.7 Å². The monoisotopic (exact) mass is 268 g/mol. The number of carboxylic acids is 1. The first-order chi connectivity index (χ1) is 9.03. The maximum atomic E-state index is 11.9. The fraction of sp³-hybridized carbons (Fsp3) is 0.857. The van der Waals surface area contributed by atoms with Crippen LogP contribution in [0.1, 0.15) is 51.9 Å². The van der Waals surface area contributed by atoms with Crippen molar-refractivity contribution >= 4 is 12.0 Å². The van der Waals surface area contributed by atoms with Crippen molar-refractivity contribution in [1.82, 2.24) is 10.6 Å². The third-order valence-electron chi connectivity index (χ3n) is 4.52. The Balaban J connectivity index is 1.87. The molecule has 0 aromatic carbocycles. The molecule has 2 aliphatic rings. The summed E-state index contributed by atoms with van der Waals surface area (Å²) in [7, 11) is 0. The van der Waals surface area contributed by atoms with Crippen molar-refractivity contribution in [2.45, 2.75) is 57.4 Å². The van der Waals surface area contributed by atoms with Gasteiger partial charge in [-0.05, 0) is 31.1 Å². The largest absolute Gasteiger partial charge is 0.480 e. The zero-order valence-corrected chi connectivity index (χ0v) is 11.6. The molecule has 2 aliphatic carbocycles. The average molecular weight is 268 g/mol. The van der Waals surface area contributed by atoms with Crippen LogP contribution in [-0.4, -0.2) is 29.2 Å². The molecule has 0 spiro atoms. The lowest BCUT2D eigenvalue weighted by molar-refractivity contribution is -0.145. The summed E-state index contributed by atoms with van der Waals surface area (Å²) in [5, 5.41) is 15.0. The van der Waals surface area contributed by atoms with Gasteiger partial charge in [0.25, 0.3) is 0 Å². The first-order valence-corrected chi connectivity index (χ1v) is 7.33. The van der Waals surface area contributed by atoms with Gasteiger partial charge in [0.1, 0.15) is 5.54 Å². The fourth-order valence-electron chi connectivity index (χ4n) is 2.89. The van der Waals surface area contributed by atoms with E-state index in [-0.39, 0.29) is 6.03 Å². The van der Waals surface area contributed by atoms with Gasteiger partial charge in [-0.3, -0.25) is 0 Å². The molecule has 2 rings (SSSR count). The highest BCUT2D eigenvalue weighted by Crippen LogP contribution is 2.36. The third-order valence-corrected chi connectivity index (χ3v) is 4.52. The number of urea groups is 1. The molecule has 0 radical (unpaired) electrons. The molecule has 5 nitrogen and oxygen atoms in total. The van der Waals surface area contributed by atoms with Crippen LogP contribution in [-0.2, 0) is 4.79 Å². The Labute approximate surface area is 114 Å². The zero-order valence-electron chi connectivity index (χ0n) is 11.6. The molecule has 0 aromatic rings. The number of hydrogen-bond donors (Lipinski definition) is 3. The topological polar surface area (TPSA) is 78.4 Å². The van der Waals surface area contributed by atoms with E-state index in [1.54, 1.807) is 0 Å². The SMILES string of the molecule is CC1CC1CNC(=O)NC1(C(=O)O)CCCCCC1. The number of hydrogen-bond acceptors (Lipinski definition) is 2. The summed E-state index contributed by atoms with van der Waals surface area (Å²) in [5.74, 6) is 0.358. The van der Waals surface area contributed by atoms with E-state index in [1.165, 1.54) is 0 Å². The molecule has 0 aromatic heterocycles. The standard InChI is InChI=1S/C14H24N2O3/c1-10-8-11(10)9-15-13(19)16-14(12(17)18)6-4-2-3-5-7-14/h10-11H,2-9H2,1H3,(H,17,18)(H2,15,16,19). The van der Waals surface area contributed by atoms with Crippen LogP contribution in [0.5, 0.6) is 0 Å². The maximum Gasteiger partial charge on any atom is 0.329 e. The first kappa shape index (κ1) is 14.2. The predicted octanol–water partition coefficient (Wildman–Crippen LogP) is 2.12. The molecule has 19 heavy (non-hydrogen) atoms. The van der Waals surface area contributed by atoms with E-state index in [9.17, 15) is 14.7 Å². The van der Waals surface area contributed by atoms with Crippen LogP contribution in [0.15, 0.2) is 0 Å². The van der Waals surface area contributed by atoms with Crippen molar-refractivity contribution < 1.29 is 14.7 Å². The summed E-state index contributed by atoms with van der Waals surface area (Å²) in [4.78, 5) is 23.4. The molecule has 2 saturated carbocycles. The van der Waals surface area contributed by atoms with E-state index in [4.69, 9.17) is 0 Å². The second-order valence-electron chi connectivity index (χ2n) is 6.11. The lowest BCUT2D eigenvalue weighted by Gasteiger charge is -2.29. The molecule has 0 saturated heterocycles. The summed E-state index contributed by atoms with van der Waals surface area (Å²) in [6, 6.07) is -0.330. The lowest BCUT2D eigenvalue weighted by Crippen LogP contribution is -2.57. The number of carboxylic acid groups (broad SMARTS) is 1. The Morgan fingerprint density at radius 2 is 1.79 bits per heavy atom. The first-order valence-electron chi connectivity index (χ1n) is 7.33. The Morgan fingerprint density at radius 1 is 1.21 bits per heavy atom. The van der Waals surface area contributed by atoms with Crippen LogP contribution >= 0.6 is 0 Å². The average Bonchev–Trinajstić information content (AvgIpc) is 3.10. The maximum absolute atomic E-state index is 11.9. The van der Waals surface area contributed by atoms with E-state index < -0.39 is 11.5 Å². The van der Waals surface area contributed by atoms with Crippen molar-refractivity contribution in [2.75, 3.05) is 6.54 Å². The quantitative estimate of drug-likeness (QED) is 0.683. The minimum atomic E-state index is -1.06. The smallest absolute Gasteiger partial charge is 0.329 e. The second kappa shape index (κ2) is 5.80. The number of carbonyl (C=O) groups is 2. The van der Waals surface area contributed by atoms with Crippen LogP contribution in [0.4, 0.5) is 4.79 Å². The van der Waals surface area contributed by atoms with Gasteiger partial charge in [0, 0.05) is 6.54 Å². The molecular weight excluding hydrogens is 244 g/mol. The molecule has 0 bridgehead atoms. The highest BCUT2D eigenvalue weighted by atomic mass is 16.4. The van der Waals surface area contributed by atoms with Crippen LogP contribution in [0, 0.1) is 11.8 Å². The van der Waals surface area contributed by atoms with Crippen LogP contribution in [0.2, 0.25) is 0 Å². The molecule has 2 unspecified atom stereocenters. The van der Waals surface area contributed by atoms with Crippen molar-refractivity contribution in [3.05, 3.63) is 0 Å². The molecular formula is C14H24N2O3. The number of amides is 2. The molecule has 3 N–H and O–H groups in total. The Bertz CT molecular complexity index is 349. The lowest BCUT2D eigenvalue weighted by atomic mass is 9.90. The molecule has 2 atom stereocenters. The van der Waals surface area contributed by atoms with Gasteiger partial charge in [-0.25, -0.2) is 9.59 Å². The fourth-order valence-corrected chi connectivity index (χ4v) is 2.89. The minimum absolute atomic E-state index is 0.330. The molecule has 108 valence electrons. The van der Waals surface area contributed by atoms with Crippen LogP contribution < -0.4 is 10.6 Å². The van der Waals surface area contributed by atoms with Crippen LogP contribution in [0.25, 0.3) is 0 Å². The van der Waals surface area contributed by atoms with Gasteiger partial charge in [-0.15, -0.1) is 0 Å². The van der Waals surface area contributed by atoms with Gasteiger partial charge in [-0.1, -0.05) is 32.6 Å². The third kappa shape index (κ3) is 3.61. The summed E-state index contributed by atoms with van der Waals surface area (Å²) < 4.78 is 0. The van der Waals surface area contributed by atoms with Crippen molar-refractivity contribution in [1.29, 1.82) is 0 Å². The highest BCUT2D eigenvalue weighted by Gasteiger charge is 2.40. The Kier molecular flexibility index (Phi) is 4.32. The minimum Gasteiger partial charge on any atom is -0.480 e. The number of nitrogens with one attached hydrogen (secondary N) is 2. The van der Waals surface area contributed by atoms with Gasteiger partial charge in [-0.2, -0.15) is 0 Å². The van der Waals surface area contributed by atoms with E-state index in [2.05, 4.69) is 17.6 Å². The molecule has 2 fully saturated rings. The van der Waals surface area contributed by atoms with Crippen molar-refractivity contribution in [3.8, 4) is 0 Å². The number of rotatable bonds is 4. The highest BCUT2D eigenvalue weighted by molar-refractivity contribution is 5.86. The summed E-state index contributed by atoms with van der Waals surface area (Å²) in [6.45, 7) is 2.82. The number of aliphatic carboxylic acids is 1. The molecule has 5 heteroatoms. The van der Waals surface area contributed by atoms with Crippen molar-refractivity contribution in [3.63, 3.8) is 0 Å². The van der Waals surface area contributed by atoms with Gasteiger partial charge in [0.15, 0.2) is 0 Å². The van der Waals surface area contributed by atoms with Gasteiger partial charge >= 0.3 is 12.0 Å². The Morgan fingerprint density at radius 3 is 2.26 bits per heavy atom. The normalized spacial score (nSPS) is 29.1. The van der Waals surface area contributed by atoms with E-state index in [0.717, 1.165) is 32.1 Å². The second-order valence-corrected chi connectivity index (χ2v) is 6.11. The van der Waals surface area contributed by atoms with Crippen LogP contribution in [0.3, 0.4) is 0 Å². The van der Waals surface area contributed by atoms with Gasteiger partial charge in [0.05, 0.1) is 0 Å². The zero-order chi connectivity index (χ0) is 13.9. The van der Waals surface area contributed by atoms with Gasteiger partial charge in [0.2, 0.25) is 0 Å². The van der Waals surface area contributed by atoms with E-state index >= 15 is 0 Å². The molecule has 2 amide bonds. The summed E-state index contributed by atoms with van der Waals surface area (Å²) >= 11 is 0. The predicted molar refractivity (Wildman–Crippen MR) is 71.9 cm³/mol. The Hall–Kier alpha value is -1.26. The molecule has 0 heterocycles. The van der Waals surface area contributed by atoms with Crippen molar-refractivity contribution in [2.24, 2.45) is 11.8 Å².